The Kier molecular flexibility index (Phi) is 11.1. The molecule has 0 spiro atoms. The van der Waals surface area contributed by atoms with Crippen LogP contribution in [0.1, 0.15) is 36.9 Å². The zero-order valence-electron chi connectivity index (χ0n) is 35.1. The van der Waals surface area contributed by atoms with Crippen LogP contribution in [0.15, 0.2) is 147 Å². The predicted octanol–water partition coefficient (Wildman–Crippen LogP) is 10.2. The molecule has 0 bridgehead atoms. The number of hydrogen-bond acceptors (Lipinski definition) is 8. The van der Waals surface area contributed by atoms with Gasteiger partial charge in [-0.1, -0.05) is 24.8 Å². The van der Waals surface area contributed by atoms with E-state index >= 15 is 4.39 Å². The number of carbonyl (C=O) groups is 2. The SMILES string of the molecule is C=CC(=O)N1CCC[C@@H](n2nc(-c3ccc(Oc4cc(F)cc(/C=C/C(=O)N5CC[C@@H](n6nc(-c7ccc(Oc8ccccc8)c(F)c7)c7cnccc76)C5)c4)cc3)c3cnccc32)C1. The third kappa shape index (κ3) is 8.45. The van der Waals surface area contributed by atoms with Crippen molar-refractivity contribution >= 4 is 39.7 Å². The molecule has 0 unspecified atom stereocenters. The van der Waals surface area contributed by atoms with Crippen LogP contribution in [0.25, 0.3) is 50.4 Å². The zero-order chi connectivity index (χ0) is 44.4. The summed E-state index contributed by atoms with van der Waals surface area (Å²) in [5.41, 5.74) is 4.98. The van der Waals surface area contributed by atoms with E-state index in [0.717, 1.165) is 45.9 Å². The number of nitrogens with zero attached hydrogens (tertiary/aromatic N) is 8. The number of fused-ring (bicyclic) bond motifs is 2. The fourth-order valence-electron chi connectivity index (χ4n) is 8.75. The fourth-order valence-corrected chi connectivity index (χ4v) is 8.75. The summed E-state index contributed by atoms with van der Waals surface area (Å²) in [5.74, 6) is 0.0635. The first-order chi connectivity index (χ1) is 31.8. The van der Waals surface area contributed by atoms with Crippen molar-refractivity contribution in [3.63, 3.8) is 0 Å². The van der Waals surface area contributed by atoms with Gasteiger partial charge >= 0.3 is 0 Å². The number of piperidine rings is 1. The summed E-state index contributed by atoms with van der Waals surface area (Å²) in [6.45, 7) is 5.78. The lowest BCUT2D eigenvalue weighted by molar-refractivity contribution is -0.127. The Balaban J connectivity index is 0.807. The van der Waals surface area contributed by atoms with Gasteiger partial charge in [0.15, 0.2) is 11.6 Å². The molecule has 0 aliphatic carbocycles. The lowest BCUT2D eigenvalue weighted by atomic mass is 10.1. The van der Waals surface area contributed by atoms with E-state index in [4.69, 9.17) is 19.7 Å². The van der Waals surface area contributed by atoms with Crippen LogP contribution in [0, 0.1) is 11.6 Å². The largest absolute Gasteiger partial charge is 0.457 e. The van der Waals surface area contributed by atoms with Crippen LogP contribution in [0.2, 0.25) is 0 Å². The summed E-state index contributed by atoms with van der Waals surface area (Å²) in [6.07, 6.45) is 13.7. The Morgan fingerprint density at radius 1 is 0.662 bits per heavy atom. The van der Waals surface area contributed by atoms with E-state index in [2.05, 4.69) is 16.5 Å². The van der Waals surface area contributed by atoms with Crippen molar-refractivity contribution in [3.8, 4) is 45.5 Å². The van der Waals surface area contributed by atoms with E-state index in [0.29, 0.717) is 60.9 Å². The number of carbonyl (C=O) groups excluding carboxylic acids is 2. The van der Waals surface area contributed by atoms with Gasteiger partial charge in [-0.2, -0.15) is 10.2 Å². The van der Waals surface area contributed by atoms with Gasteiger partial charge in [0.25, 0.3) is 0 Å². The van der Waals surface area contributed by atoms with Crippen molar-refractivity contribution in [3.05, 3.63) is 164 Å². The maximum Gasteiger partial charge on any atom is 0.246 e. The molecule has 4 aromatic heterocycles. The summed E-state index contributed by atoms with van der Waals surface area (Å²) < 4.78 is 46.0. The zero-order valence-corrected chi connectivity index (χ0v) is 35.1. The number of hydrogen-bond donors (Lipinski definition) is 0. The molecule has 0 radical (unpaired) electrons. The van der Waals surface area contributed by atoms with Crippen LogP contribution < -0.4 is 9.47 Å². The molecule has 324 valence electrons. The van der Waals surface area contributed by atoms with Crippen LogP contribution >= 0.6 is 0 Å². The van der Waals surface area contributed by atoms with Gasteiger partial charge < -0.3 is 19.3 Å². The minimum atomic E-state index is -0.519. The average molecular weight is 869 g/mol. The summed E-state index contributed by atoms with van der Waals surface area (Å²) in [5, 5.41) is 11.6. The highest BCUT2D eigenvalue weighted by atomic mass is 19.1. The lowest BCUT2D eigenvalue weighted by Gasteiger charge is -2.32. The Labute approximate surface area is 372 Å². The van der Waals surface area contributed by atoms with Gasteiger partial charge in [-0.05, 0) is 116 Å². The van der Waals surface area contributed by atoms with Crippen LogP contribution in [0.3, 0.4) is 0 Å². The highest BCUT2D eigenvalue weighted by Crippen LogP contribution is 2.36. The molecule has 65 heavy (non-hydrogen) atoms. The number of rotatable bonds is 11. The quantitative estimate of drug-likeness (QED) is 0.118. The van der Waals surface area contributed by atoms with Crippen LogP contribution in [0.5, 0.6) is 23.0 Å². The van der Waals surface area contributed by atoms with E-state index in [1.807, 2.05) is 56.7 Å². The molecule has 2 fully saturated rings. The van der Waals surface area contributed by atoms with Gasteiger partial charge in [0.2, 0.25) is 11.8 Å². The molecule has 2 atom stereocenters. The molecular formula is C51H42F2N8O4. The molecule has 10 rings (SSSR count). The predicted molar refractivity (Wildman–Crippen MR) is 243 cm³/mol. The third-order valence-electron chi connectivity index (χ3n) is 11.9. The van der Waals surface area contributed by atoms with Crippen LogP contribution in [-0.4, -0.2) is 77.3 Å². The lowest BCUT2D eigenvalue weighted by Crippen LogP contribution is -2.40. The highest BCUT2D eigenvalue weighted by Gasteiger charge is 2.30. The molecule has 8 aromatic rings. The molecule has 0 saturated carbocycles. The molecule has 12 nitrogen and oxygen atoms in total. The molecule has 6 heterocycles. The Hall–Kier alpha value is -8.00. The Morgan fingerprint density at radius 2 is 1.31 bits per heavy atom. The van der Waals surface area contributed by atoms with E-state index in [1.165, 1.54) is 30.4 Å². The van der Waals surface area contributed by atoms with E-state index in [1.54, 1.807) is 78.2 Å². The van der Waals surface area contributed by atoms with Crippen molar-refractivity contribution in [1.82, 2.24) is 39.3 Å². The number of pyridine rings is 2. The van der Waals surface area contributed by atoms with Crippen molar-refractivity contribution in [2.24, 2.45) is 0 Å². The second-order valence-corrected chi connectivity index (χ2v) is 16.1. The van der Waals surface area contributed by atoms with Crippen molar-refractivity contribution in [2.75, 3.05) is 26.2 Å². The molecular weight excluding hydrogens is 827 g/mol. The number of para-hydroxylation sites is 1. The van der Waals surface area contributed by atoms with E-state index in [-0.39, 0.29) is 35.4 Å². The first kappa shape index (κ1) is 41.0. The average Bonchev–Trinajstić information content (AvgIpc) is 4.08. The van der Waals surface area contributed by atoms with Gasteiger partial charge in [0, 0.05) is 85.0 Å². The number of benzene rings is 4. The van der Waals surface area contributed by atoms with Crippen LogP contribution in [0.4, 0.5) is 8.78 Å². The number of halogens is 2. The summed E-state index contributed by atoms with van der Waals surface area (Å²) in [6, 6.07) is 29.2. The van der Waals surface area contributed by atoms with Gasteiger partial charge in [0.1, 0.15) is 34.5 Å². The highest BCUT2D eigenvalue weighted by molar-refractivity contribution is 5.94. The normalized spacial score (nSPS) is 16.4. The van der Waals surface area contributed by atoms with E-state index < -0.39 is 11.6 Å². The van der Waals surface area contributed by atoms with Gasteiger partial charge in [-0.15, -0.1) is 0 Å². The van der Waals surface area contributed by atoms with Crippen molar-refractivity contribution < 1.29 is 27.8 Å². The standard InChI is InChI=1S/C51H42F2N8O4/c1-2-48(62)58-23-6-7-37(31-58)60-45-18-21-54-29-42(45)50(56-60)34-11-14-40(15-12-34)64-41-26-33(25-36(52)28-41)10-17-49(63)59-24-20-38(32-59)61-46-19-22-55-30-43(46)51(57-61)35-13-16-47(44(53)27-35)65-39-8-4-3-5-9-39/h2-5,8-19,21-22,25-30,37-38H,1,6-7,20,23-24,31-32H2/b17-10+/t37-,38-/m1/s1. The van der Waals surface area contributed by atoms with Gasteiger partial charge in [-0.3, -0.25) is 28.9 Å². The first-order valence-corrected chi connectivity index (χ1v) is 21.4. The fraction of sp³-hybridized carbons (Fsp3) is 0.176. The first-order valence-electron chi connectivity index (χ1n) is 21.4. The molecule has 2 amide bonds. The maximum absolute atomic E-state index is 15.3. The number of ether oxygens (including phenoxy) is 2. The van der Waals surface area contributed by atoms with E-state index in [9.17, 15) is 14.0 Å². The monoisotopic (exact) mass is 868 g/mol. The molecule has 0 N–H and O–H groups in total. The van der Waals surface area contributed by atoms with Crippen LogP contribution in [-0.2, 0) is 9.59 Å². The summed E-state index contributed by atoms with van der Waals surface area (Å²) in [7, 11) is 0. The molecule has 2 saturated heterocycles. The van der Waals surface area contributed by atoms with Gasteiger partial charge in [0.05, 0.1) is 23.1 Å². The Bertz CT molecular complexity index is 3110. The molecule has 4 aromatic carbocycles. The number of amides is 2. The topological polar surface area (TPSA) is 120 Å². The molecule has 2 aliphatic heterocycles. The van der Waals surface area contributed by atoms with Gasteiger partial charge in [-0.25, -0.2) is 8.78 Å². The summed E-state index contributed by atoms with van der Waals surface area (Å²) >= 11 is 0. The third-order valence-corrected chi connectivity index (χ3v) is 11.9. The van der Waals surface area contributed by atoms with Crippen molar-refractivity contribution in [2.45, 2.75) is 31.3 Å². The molecule has 14 heteroatoms. The van der Waals surface area contributed by atoms with Crippen molar-refractivity contribution in [1.29, 1.82) is 0 Å². The number of aromatic nitrogens is 6. The minimum absolute atomic E-state index is 0.00792. The minimum Gasteiger partial charge on any atom is -0.457 e. The Morgan fingerprint density at radius 3 is 2.00 bits per heavy atom. The summed E-state index contributed by atoms with van der Waals surface area (Å²) in [4.78, 5) is 38.1. The second-order valence-electron chi connectivity index (χ2n) is 16.1. The second kappa shape index (κ2) is 17.6. The maximum atomic E-state index is 15.3. The smallest absolute Gasteiger partial charge is 0.246 e. The number of likely N-dealkylation sites (tertiary alicyclic amines) is 2. The molecule has 2 aliphatic rings.